The number of fused-ring (bicyclic) bond motifs is 1. The van der Waals surface area contributed by atoms with E-state index in [1.165, 1.54) is 0 Å². The zero-order chi connectivity index (χ0) is 17.7. The third-order valence-electron chi connectivity index (χ3n) is 3.88. The van der Waals surface area contributed by atoms with Crippen molar-refractivity contribution < 1.29 is 19.1 Å². The summed E-state index contributed by atoms with van der Waals surface area (Å²) in [4.78, 5) is 24.0. The molecule has 1 heterocycles. The number of nitrogens with one attached hydrogen (secondary N) is 1. The van der Waals surface area contributed by atoms with E-state index in [-0.39, 0.29) is 11.8 Å². The minimum absolute atomic E-state index is 0.0961. The number of carbonyl (C=O) groups excluding carboxylic acids is 2. The maximum Gasteiger partial charge on any atom is 0.305 e. The van der Waals surface area contributed by atoms with E-state index in [9.17, 15) is 9.59 Å². The van der Waals surface area contributed by atoms with Crippen LogP contribution in [0.3, 0.4) is 0 Å². The first-order chi connectivity index (χ1) is 11.4. The molecule has 0 bridgehead atoms. The summed E-state index contributed by atoms with van der Waals surface area (Å²) in [5, 5.41) is 12.3. The standard InChI is InChI=1S/C18H22N2O4/c1-4-23-15(21)6-5-9-20-16-13-10-12(11-19)7-8-14(13)24-18(2,3)17(16)22/h7-8,10,16,20H,4-6,9H2,1-3H3. The number of ketones is 1. The molecule has 0 aliphatic carbocycles. The van der Waals surface area contributed by atoms with Gasteiger partial charge in [-0.2, -0.15) is 5.26 Å². The van der Waals surface area contributed by atoms with Crippen LogP contribution in [0.2, 0.25) is 0 Å². The number of ether oxygens (including phenoxy) is 2. The van der Waals surface area contributed by atoms with Crippen LogP contribution in [0.25, 0.3) is 0 Å². The molecule has 0 saturated carbocycles. The lowest BCUT2D eigenvalue weighted by Gasteiger charge is -2.36. The fourth-order valence-electron chi connectivity index (χ4n) is 2.67. The summed E-state index contributed by atoms with van der Waals surface area (Å²) in [7, 11) is 0. The first kappa shape index (κ1) is 18.0. The molecular formula is C18H22N2O4. The lowest BCUT2D eigenvalue weighted by molar-refractivity contribution is -0.143. The van der Waals surface area contributed by atoms with Crippen LogP contribution in [-0.2, 0) is 14.3 Å². The van der Waals surface area contributed by atoms with Gasteiger partial charge in [-0.05, 0) is 51.9 Å². The molecule has 1 atom stereocenters. The fraction of sp³-hybridized carbons (Fsp3) is 0.500. The average molecular weight is 330 g/mol. The van der Waals surface area contributed by atoms with Crippen molar-refractivity contribution in [2.75, 3.05) is 13.2 Å². The van der Waals surface area contributed by atoms with Crippen molar-refractivity contribution in [2.24, 2.45) is 0 Å². The Labute approximate surface area is 141 Å². The van der Waals surface area contributed by atoms with Gasteiger partial charge in [-0.25, -0.2) is 0 Å². The number of hydrogen-bond donors (Lipinski definition) is 1. The molecule has 6 nitrogen and oxygen atoms in total. The first-order valence-corrected chi connectivity index (χ1v) is 8.05. The molecule has 128 valence electrons. The highest BCUT2D eigenvalue weighted by molar-refractivity contribution is 5.94. The van der Waals surface area contributed by atoms with Crippen molar-refractivity contribution in [3.63, 3.8) is 0 Å². The summed E-state index contributed by atoms with van der Waals surface area (Å²) in [5.74, 6) is 0.257. The Morgan fingerprint density at radius 2 is 2.21 bits per heavy atom. The molecule has 0 aromatic heterocycles. The summed E-state index contributed by atoms with van der Waals surface area (Å²) < 4.78 is 10.6. The normalized spacial score (nSPS) is 18.2. The Bertz CT molecular complexity index is 676. The SMILES string of the molecule is CCOC(=O)CCCNC1C(=O)C(C)(C)Oc2ccc(C#N)cc21. The van der Waals surface area contributed by atoms with Crippen molar-refractivity contribution in [3.05, 3.63) is 29.3 Å². The molecule has 6 heteroatoms. The van der Waals surface area contributed by atoms with Gasteiger partial charge in [0.05, 0.1) is 24.3 Å². The third-order valence-corrected chi connectivity index (χ3v) is 3.88. The quantitative estimate of drug-likeness (QED) is 0.636. The van der Waals surface area contributed by atoms with Gasteiger partial charge in [0, 0.05) is 12.0 Å². The second kappa shape index (κ2) is 7.45. The first-order valence-electron chi connectivity index (χ1n) is 8.05. The monoisotopic (exact) mass is 330 g/mol. The van der Waals surface area contributed by atoms with E-state index in [1.807, 2.05) is 0 Å². The summed E-state index contributed by atoms with van der Waals surface area (Å²) >= 11 is 0. The Morgan fingerprint density at radius 3 is 2.88 bits per heavy atom. The molecule has 1 N–H and O–H groups in total. The molecule has 1 unspecified atom stereocenters. The topological polar surface area (TPSA) is 88.4 Å². The molecule has 0 spiro atoms. The van der Waals surface area contributed by atoms with Crippen LogP contribution < -0.4 is 10.1 Å². The summed E-state index contributed by atoms with van der Waals surface area (Å²) in [6.07, 6.45) is 0.865. The number of esters is 1. The fourth-order valence-corrected chi connectivity index (χ4v) is 2.67. The minimum Gasteiger partial charge on any atom is -0.480 e. The largest absolute Gasteiger partial charge is 0.480 e. The van der Waals surface area contributed by atoms with Crippen molar-refractivity contribution in [1.82, 2.24) is 5.32 Å². The molecule has 24 heavy (non-hydrogen) atoms. The highest BCUT2D eigenvalue weighted by Gasteiger charge is 2.42. The van der Waals surface area contributed by atoms with Crippen LogP contribution in [0, 0.1) is 11.3 Å². The van der Waals surface area contributed by atoms with Crippen LogP contribution in [0.15, 0.2) is 18.2 Å². The van der Waals surface area contributed by atoms with Crippen LogP contribution in [-0.4, -0.2) is 30.5 Å². The van der Waals surface area contributed by atoms with Gasteiger partial charge < -0.3 is 14.8 Å². The Hall–Kier alpha value is -2.39. The van der Waals surface area contributed by atoms with Crippen molar-refractivity contribution >= 4 is 11.8 Å². The van der Waals surface area contributed by atoms with Crippen LogP contribution in [0.1, 0.15) is 50.8 Å². The number of nitriles is 1. The van der Waals surface area contributed by atoms with Crippen molar-refractivity contribution in [3.8, 4) is 11.8 Å². The van der Waals surface area contributed by atoms with E-state index in [0.717, 1.165) is 0 Å². The molecule has 1 aliphatic rings. The van der Waals surface area contributed by atoms with Gasteiger partial charge in [-0.3, -0.25) is 9.59 Å². The van der Waals surface area contributed by atoms with Gasteiger partial charge in [-0.15, -0.1) is 0 Å². The molecule has 0 amide bonds. The summed E-state index contributed by atoms with van der Waals surface area (Å²) in [6.45, 7) is 6.07. The van der Waals surface area contributed by atoms with E-state index >= 15 is 0 Å². The zero-order valence-electron chi connectivity index (χ0n) is 14.2. The molecule has 1 aromatic carbocycles. The summed E-state index contributed by atoms with van der Waals surface area (Å²) in [5.41, 5.74) is 0.192. The lowest BCUT2D eigenvalue weighted by atomic mass is 9.87. The van der Waals surface area contributed by atoms with Crippen LogP contribution >= 0.6 is 0 Å². The third kappa shape index (κ3) is 3.92. The molecule has 1 aromatic rings. The zero-order valence-corrected chi connectivity index (χ0v) is 14.2. The lowest BCUT2D eigenvalue weighted by Crippen LogP contribution is -2.49. The molecule has 0 fully saturated rings. The predicted molar refractivity (Wildman–Crippen MR) is 87.5 cm³/mol. The summed E-state index contributed by atoms with van der Waals surface area (Å²) in [6, 6.07) is 6.58. The van der Waals surface area contributed by atoms with Gasteiger partial charge in [0.15, 0.2) is 11.4 Å². The Balaban J connectivity index is 2.11. The van der Waals surface area contributed by atoms with Gasteiger partial charge in [0.1, 0.15) is 5.75 Å². The van der Waals surface area contributed by atoms with E-state index in [2.05, 4.69) is 11.4 Å². The highest BCUT2D eigenvalue weighted by Crippen LogP contribution is 2.37. The molecule has 0 saturated heterocycles. The van der Waals surface area contributed by atoms with Gasteiger partial charge in [0.2, 0.25) is 0 Å². The van der Waals surface area contributed by atoms with E-state index in [1.54, 1.807) is 39.0 Å². The van der Waals surface area contributed by atoms with Crippen molar-refractivity contribution in [2.45, 2.75) is 45.3 Å². The number of carbonyl (C=O) groups is 2. The Morgan fingerprint density at radius 1 is 1.46 bits per heavy atom. The van der Waals surface area contributed by atoms with Gasteiger partial charge in [-0.1, -0.05) is 0 Å². The molecule has 0 radical (unpaired) electrons. The maximum atomic E-state index is 12.7. The number of benzene rings is 1. The Kier molecular flexibility index (Phi) is 5.58. The molecule has 2 rings (SSSR count). The second-order valence-electron chi connectivity index (χ2n) is 6.14. The number of rotatable bonds is 6. The van der Waals surface area contributed by atoms with E-state index in [0.29, 0.717) is 42.9 Å². The van der Waals surface area contributed by atoms with E-state index in [4.69, 9.17) is 14.7 Å². The second-order valence-corrected chi connectivity index (χ2v) is 6.14. The minimum atomic E-state index is -0.944. The predicted octanol–water partition coefficient (Wildman–Crippen LogP) is 2.27. The highest BCUT2D eigenvalue weighted by atomic mass is 16.5. The van der Waals surface area contributed by atoms with Crippen LogP contribution in [0.5, 0.6) is 5.75 Å². The number of nitrogens with zero attached hydrogens (tertiary/aromatic N) is 1. The van der Waals surface area contributed by atoms with Gasteiger partial charge in [0.25, 0.3) is 0 Å². The van der Waals surface area contributed by atoms with E-state index < -0.39 is 11.6 Å². The van der Waals surface area contributed by atoms with Crippen molar-refractivity contribution in [1.29, 1.82) is 5.26 Å². The van der Waals surface area contributed by atoms with Crippen LogP contribution in [0.4, 0.5) is 0 Å². The smallest absolute Gasteiger partial charge is 0.305 e. The van der Waals surface area contributed by atoms with Gasteiger partial charge >= 0.3 is 5.97 Å². The average Bonchev–Trinajstić information content (AvgIpc) is 2.54. The molecule has 1 aliphatic heterocycles. The maximum absolute atomic E-state index is 12.7. The number of hydrogen-bond acceptors (Lipinski definition) is 6. The number of Topliss-reactive ketones (excluding diaryl/α,β-unsaturated/α-hetero) is 1. The molecular weight excluding hydrogens is 308 g/mol.